The molecular weight excluding hydrogens is 1250 g/mol. The summed E-state index contributed by atoms with van der Waals surface area (Å²) in [7, 11) is 0. The molecule has 0 unspecified atom stereocenters. The summed E-state index contributed by atoms with van der Waals surface area (Å²) in [5.74, 6) is -9.80. The number of hydrogen-bond acceptors (Lipinski definition) is 17. The van der Waals surface area contributed by atoms with Gasteiger partial charge in [-0.05, 0) is 119 Å². The molecule has 2 aromatic rings. The van der Waals surface area contributed by atoms with Crippen molar-refractivity contribution in [1.29, 1.82) is 0 Å². The minimum absolute atomic E-state index is 0.0736. The molecule has 10 atom stereocenters. The summed E-state index contributed by atoms with van der Waals surface area (Å²) in [6.07, 6.45) is 3.12. The first-order valence-electron chi connectivity index (χ1n) is 32.2. The van der Waals surface area contributed by atoms with Gasteiger partial charge in [0.2, 0.25) is 76.8 Å². The van der Waals surface area contributed by atoms with E-state index in [-0.39, 0.29) is 83.0 Å². The number of likely N-dealkylation sites (tertiary alicyclic amines) is 2. The van der Waals surface area contributed by atoms with Crippen molar-refractivity contribution >= 4 is 94.5 Å². The predicted molar refractivity (Wildman–Crippen MR) is 356 cm³/mol. The van der Waals surface area contributed by atoms with Crippen LogP contribution in [0.1, 0.15) is 121 Å². The van der Waals surface area contributed by atoms with Crippen LogP contribution in [0.2, 0.25) is 0 Å². The van der Waals surface area contributed by atoms with Gasteiger partial charge in [-0.2, -0.15) is 11.8 Å². The molecule has 32 heteroatoms. The molecule has 0 saturated carbocycles. The number of nitrogens with one attached hydrogen (secondary N) is 8. The second-order valence-electron chi connectivity index (χ2n) is 24.1. The molecule has 2 fully saturated rings. The number of thioether (sulfide) groups is 1. The standard InChI is InChI=1S/C63H98N18O13S/c1-37(2)33-45(57(89)74-41(53(68)85)27-32-95-3)73-52(84)36-72-54(86)46(34-38-15-6-4-7-16-38)78-58(90)47(35-39-17-8-5-9-18-39)79-56(88)42(23-25-50(66)82)75-55(87)43(24-26-51(67)83)76-59(91)49-22-14-31-81(49)62(94)44(20-10-11-28-64)77-60(92)48-21-13-30-80(48)61(93)40(65)19-12-29-71-63(69)70/h4-9,15-18,37,40-49H,10-14,19-36,64-65H2,1-3H3,(H2,66,82)(H2,67,83)(H2,68,85)(H,72,86)(H,73,84)(H,74,89)(H,75,87)(H,76,91)(H,77,92)(H,78,90)(H,79,88)(H4,69,70,71)/t40-,41-,42+,43-,44+,45+,46+,47-,48+,49+/m0/s1. The molecule has 95 heavy (non-hydrogen) atoms. The number of carbonyl (C=O) groups is 13. The van der Waals surface area contributed by atoms with E-state index in [1.807, 2.05) is 20.1 Å². The number of nitrogens with two attached hydrogens (primary N) is 7. The van der Waals surface area contributed by atoms with Crippen molar-refractivity contribution in [3.8, 4) is 0 Å². The number of unbranched alkanes of at least 4 members (excludes halogenated alkanes) is 1. The highest BCUT2D eigenvalue weighted by molar-refractivity contribution is 7.98. The first-order valence-corrected chi connectivity index (χ1v) is 33.6. The summed E-state index contributed by atoms with van der Waals surface area (Å²) in [6, 6.07) is 4.51. The second kappa shape index (κ2) is 41.0. The quantitative estimate of drug-likeness (QED) is 0.0173. The molecule has 0 radical (unpaired) electrons. The van der Waals surface area contributed by atoms with Crippen molar-refractivity contribution in [2.75, 3.05) is 44.7 Å². The van der Waals surface area contributed by atoms with Crippen molar-refractivity contribution < 1.29 is 62.3 Å². The third kappa shape index (κ3) is 27.5. The van der Waals surface area contributed by atoms with Crippen LogP contribution in [-0.2, 0) is 75.2 Å². The molecular formula is C63H98N18O13S. The number of carbonyl (C=O) groups excluding carboxylic acids is 13. The van der Waals surface area contributed by atoms with Gasteiger partial charge in [-0.15, -0.1) is 0 Å². The monoisotopic (exact) mass is 1350 g/mol. The van der Waals surface area contributed by atoms with E-state index in [0.717, 1.165) is 0 Å². The highest BCUT2D eigenvalue weighted by Gasteiger charge is 2.42. The van der Waals surface area contributed by atoms with Gasteiger partial charge in [-0.1, -0.05) is 74.5 Å². The molecule has 2 saturated heterocycles. The van der Waals surface area contributed by atoms with Gasteiger partial charge >= 0.3 is 0 Å². The van der Waals surface area contributed by atoms with Crippen LogP contribution in [0.4, 0.5) is 0 Å². The van der Waals surface area contributed by atoms with Gasteiger partial charge in [-0.25, -0.2) is 0 Å². The zero-order valence-corrected chi connectivity index (χ0v) is 55.3. The van der Waals surface area contributed by atoms with Gasteiger partial charge in [0, 0.05) is 45.3 Å². The third-order valence-electron chi connectivity index (χ3n) is 16.0. The Morgan fingerprint density at radius 3 is 1.51 bits per heavy atom. The summed E-state index contributed by atoms with van der Waals surface area (Å²) in [5.41, 5.74) is 40.6. The maximum Gasteiger partial charge on any atom is 0.245 e. The minimum Gasteiger partial charge on any atom is -0.370 e. The molecule has 0 aromatic heterocycles. The summed E-state index contributed by atoms with van der Waals surface area (Å²) in [6.45, 7) is 3.86. The average Bonchev–Trinajstić information content (AvgIpc) is 1.74. The Balaban J connectivity index is 1.56. The number of rotatable bonds is 42. The molecule has 0 spiro atoms. The Labute approximate surface area is 558 Å². The average molecular weight is 1350 g/mol. The fourth-order valence-corrected chi connectivity index (χ4v) is 11.5. The lowest BCUT2D eigenvalue weighted by Gasteiger charge is -2.32. The number of guanidine groups is 1. The zero-order chi connectivity index (χ0) is 70.1. The number of aliphatic imine (C=N–C) groups is 1. The molecule has 2 aliphatic rings. The summed E-state index contributed by atoms with van der Waals surface area (Å²) in [4.78, 5) is 185. The number of amides is 13. The number of nitrogens with zero attached hydrogens (tertiary/aromatic N) is 3. The lowest BCUT2D eigenvalue weighted by molar-refractivity contribution is -0.144. The second-order valence-corrected chi connectivity index (χ2v) is 25.1. The van der Waals surface area contributed by atoms with Crippen LogP contribution in [0.3, 0.4) is 0 Å². The largest absolute Gasteiger partial charge is 0.370 e. The van der Waals surface area contributed by atoms with Gasteiger partial charge in [0.15, 0.2) is 5.96 Å². The van der Waals surface area contributed by atoms with Crippen LogP contribution in [-0.4, -0.2) is 198 Å². The normalized spacial score (nSPS) is 16.8. The Kier molecular flexibility index (Phi) is 33.9. The fraction of sp³-hybridized carbons (Fsp3) is 0.587. The molecule has 31 nitrogen and oxygen atoms in total. The molecule has 2 aliphatic heterocycles. The van der Waals surface area contributed by atoms with E-state index >= 15 is 0 Å². The number of hydrogen-bond donors (Lipinski definition) is 15. The molecule has 2 aromatic carbocycles. The van der Waals surface area contributed by atoms with Gasteiger partial charge in [0.05, 0.1) is 12.6 Å². The zero-order valence-electron chi connectivity index (χ0n) is 54.5. The van der Waals surface area contributed by atoms with Gasteiger partial charge in [0.25, 0.3) is 0 Å². The highest BCUT2D eigenvalue weighted by atomic mass is 32.2. The van der Waals surface area contributed by atoms with Gasteiger partial charge in [0.1, 0.15) is 54.4 Å². The lowest BCUT2D eigenvalue weighted by atomic mass is 10.0. The lowest BCUT2D eigenvalue weighted by Crippen LogP contribution is -2.60. The number of benzene rings is 2. The van der Waals surface area contributed by atoms with Crippen molar-refractivity contribution in [3.63, 3.8) is 0 Å². The highest BCUT2D eigenvalue weighted by Crippen LogP contribution is 2.24. The van der Waals surface area contributed by atoms with E-state index in [1.54, 1.807) is 60.7 Å². The molecule has 0 aliphatic carbocycles. The van der Waals surface area contributed by atoms with Crippen molar-refractivity contribution in [2.24, 2.45) is 51.0 Å². The van der Waals surface area contributed by atoms with E-state index in [9.17, 15) is 62.3 Å². The first kappa shape index (κ1) is 78.5. The summed E-state index contributed by atoms with van der Waals surface area (Å²) < 4.78 is 0. The minimum atomic E-state index is -1.64. The molecule has 0 bridgehead atoms. The van der Waals surface area contributed by atoms with Crippen LogP contribution < -0.4 is 82.7 Å². The fourth-order valence-electron chi connectivity index (χ4n) is 11.0. The van der Waals surface area contributed by atoms with Crippen LogP contribution in [0, 0.1) is 5.92 Å². The molecule has 22 N–H and O–H groups in total. The Bertz CT molecular complexity index is 2960. The Morgan fingerprint density at radius 2 is 1.01 bits per heavy atom. The molecule has 524 valence electrons. The molecule has 4 rings (SSSR count). The van der Waals surface area contributed by atoms with Crippen LogP contribution >= 0.6 is 11.8 Å². The Hall–Kier alpha value is -8.91. The third-order valence-corrected chi connectivity index (χ3v) is 16.7. The maximum atomic E-state index is 14.7. The first-order chi connectivity index (χ1) is 45.2. The summed E-state index contributed by atoms with van der Waals surface area (Å²) >= 11 is 1.45. The molecule has 2 heterocycles. The smallest absolute Gasteiger partial charge is 0.245 e. The van der Waals surface area contributed by atoms with E-state index in [2.05, 4.69) is 47.5 Å². The molecule has 13 amide bonds. The van der Waals surface area contributed by atoms with E-state index < -0.39 is 169 Å². The van der Waals surface area contributed by atoms with E-state index in [4.69, 9.17) is 40.1 Å². The van der Waals surface area contributed by atoms with Gasteiger partial charge in [-0.3, -0.25) is 67.3 Å². The van der Waals surface area contributed by atoms with Crippen molar-refractivity contribution in [3.05, 3.63) is 71.8 Å². The topological polar surface area (TPSA) is 519 Å². The van der Waals surface area contributed by atoms with Crippen molar-refractivity contribution in [2.45, 2.75) is 183 Å². The SMILES string of the molecule is CSCC[C@H](NC(=O)[C@@H](CC(C)C)NC(=O)CNC(=O)[C@@H](Cc1ccccc1)NC(=O)[C@H](Cc1ccccc1)NC(=O)[C@@H](CCC(N)=O)NC(=O)[C@H](CCC(N)=O)NC(=O)[C@H]1CCCN1C(=O)[C@@H](CCCCN)NC(=O)[C@H]1CCCN1C(=O)[C@@H](N)CCCN=C(N)N)C(N)=O. The van der Waals surface area contributed by atoms with E-state index in [0.29, 0.717) is 55.4 Å². The van der Waals surface area contributed by atoms with E-state index in [1.165, 1.54) is 21.6 Å². The van der Waals surface area contributed by atoms with Crippen LogP contribution in [0.5, 0.6) is 0 Å². The van der Waals surface area contributed by atoms with Gasteiger partial charge < -0.3 is 92.5 Å². The maximum absolute atomic E-state index is 14.7. The summed E-state index contributed by atoms with van der Waals surface area (Å²) in [5, 5.41) is 21.1. The van der Waals surface area contributed by atoms with Crippen molar-refractivity contribution in [1.82, 2.24) is 52.3 Å². The number of primary amides is 3. The van der Waals surface area contributed by atoms with Crippen LogP contribution in [0.25, 0.3) is 0 Å². The Morgan fingerprint density at radius 1 is 0.537 bits per heavy atom. The predicted octanol–water partition coefficient (Wildman–Crippen LogP) is -3.71. The van der Waals surface area contributed by atoms with Crippen LogP contribution in [0.15, 0.2) is 65.7 Å².